The number of rotatable bonds is 1. The summed E-state index contributed by atoms with van der Waals surface area (Å²) in [5, 5.41) is 0.388. The van der Waals surface area contributed by atoms with Crippen molar-refractivity contribution < 1.29 is 9.53 Å². The van der Waals surface area contributed by atoms with Gasteiger partial charge in [-0.2, -0.15) is 0 Å². The van der Waals surface area contributed by atoms with Gasteiger partial charge in [0.2, 0.25) is 5.90 Å². The average molecular weight is 226 g/mol. The van der Waals surface area contributed by atoms with E-state index in [2.05, 4.69) is 9.98 Å². The van der Waals surface area contributed by atoms with Crippen LogP contribution in [-0.4, -0.2) is 35.6 Å². The Morgan fingerprint density at radius 1 is 1.53 bits per heavy atom. The zero-order chi connectivity index (χ0) is 10.8. The third-order valence-electron chi connectivity index (χ3n) is 1.90. The first kappa shape index (κ1) is 9.92. The summed E-state index contributed by atoms with van der Waals surface area (Å²) in [6, 6.07) is 3.32. The Labute approximate surface area is 91.3 Å². The Bertz CT molecular complexity index is 416. The lowest BCUT2D eigenvalue weighted by Crippen LogP contribution is -2.34. The molecule has 0 atom stereocenters. The number of hydrogen-bond acceptors (Lipinski definition) is 4. The lowest BCUT2D eigenvalue weighted by Gasteiger charge is -2.20. The number of aliphatic imine (C=N–C) groups is 1. The molecule has 1 aliphatic heterocycles. The van der Waals surface area contributed by atoms with Gasteiger partial charge in [-0.25, -0.2) is 14.8 Å². The fourth-order valence-corrected chi connectivity index (χ4v) is 1.19. The molecule has 0 radical (unpaired) electrons. The van der Waals surface area contributed by atoms with Crippen molar-refractivity contribution in [3.05, 3.63) is 29.0 Å². The van der Waals surface area contributed by atoms with Crippen LogP contribution in [0.2, 0.25) is 5.15 Å². The number of carbonyl (C=O) groups excluding carboxylic acids is 1. The SMILES string of the molecule is CN1CN=C(c2ccc(Cl)nc2)OC1=O. The Kier molecular flexibility index (Phi) is 2.55. The molecule has 15 heavy (non-hydrogen) atoms. The average Bonchev–Trinajstić information content (AvgIpc) is 2.23. The lowest BCUT2D eigenvalue weighted by atomic mass is 10.3. The molecule has 78 valence electrons. The van der Waals surface area contributed by atoms with Crippen LogP contribution in [0.3, 0.4) is 0 Å². The molecule has 1 aliphatic rings. The molecule has 0 spiro atoms. The van der Waals surface area contributed by atoms with Crippen molar-refractivity contribution in [2.45, 2.75) is 0 Å². The predicted octanol–water partition coefficient (Wildman–Crippen LogP) is 1.52. The van der Waals surface area contributed by atoms with Gasteiger partial charge in [-0.3, -0.25) is 4.90 Å². The second-order valence-electron chi connectivity index (χ2n) is 3.04. The van der Waals surface area contributed by atoms with Gasteiger partial charge >= 0.3 is 6.09 Å². The van der Waals surface area contributed by atoms with Crippen LogP contribution in [0.4, 0.5) is 4.79 Å². The van der Waals surface area contributed by atoms with Crippen molar-refractivity contribution in [2.24, 2.45) is 4.99 Å². The number of amides is 1. The molecule has 0 aromatic carbocycles. The van der Waals surface area contributed by atoms with E-state index in [0.717, 1.165) is 0 Å². The molecule has 0 saturated heterocycles. The van der Waals surface area contributed by atoms with Crippen molar-refractivity contribution in [2.75, 3.05) is 13.7 Å². The van der Waals surface area contributed by atoms with Crippen molar-refractivity contribution in [1.29, 1.82) is 0 Å². The van der Waals surface area contributed by atoms with Gasteiger partial charge < -0.3 is 4.74 Å². The molecule has 1 aromatic rings. The van der Waals surface area contributed by atoms with E-state index in [0.29, 0.717) is 10.7 Å². The maximum Gasteiger partial charge on any atom is 0.417 e. The normalized spacial score (nSPS) is 16.0. The smallest absolute Gasteiger partial charge is 0.391 e. The van der Waals surface area contributed by atoms with Gasteiger partial charge in [-0.05, 0) is 12.1 Å². The first-order chi connectivity index (χ1) is 7.16. The minimum absolute atomic E-state index is 0.280. The molecule has 0 bridgehead atoms. The van der Waals surface area contributed by atoms with Gasteiger partial charge in [0.05, 0.1) is 5.56 Å². The van der Waals surface area contributed by atoms with Crippen molar-refractivity contribution in [3.8, 4) is 0 Å². The zero-order valence-electron chi connectivity index (χ0n) is 7.98. The van der Waals surface area contributed by atoms with Crippen molar-refractivity contribution in [1.82, 2.24) is 9.88 Å². The van der Waals surface area contributed by atoms with E-state index >= 15 is 0 Å². The molecule has 1 amide bonds. The molecule has 0 N–H and O–H groups in total. The van der Waals surface area contributed by atoms with Gasteiger partial charge in [-0.1, -0.05) is 11.6 Å². The first-order valence-electron chi connectivity index (χ1n) is 4.26. The quantitative estimate of drug-likeness (QED) is 0.681. The number of ether oxygens (including phenoxy) is 1. The molecule has 2 heterocycles. The van der Waals surface area contributed by atoms with Gasteiger partial charge in [0, 0.05) is 13.2 Å². The number of nitrogens with zero attached hydrogens (tertiary/aromatic N) is 3. The van der Waals surface area contributed by atoms with E-state index in [1.165, 1.54) is 11.1 Å². The summed E-state index contributed by atoms with van der Waals surface area (Å²) < 4.78 is 4.98. The maximum atomic E-state index is 11.2. The summed E-state index contributed by atoms with van der Waals surface area (Å²) >= 11 is 5.64. The second kappa shape index (κ2) is 3.86. The van der Waals surface area contributed by atoms with E-state index in [9.17, 15) is 4.79 Å². The van der Waals surface area contributed by atoms with Crippen LogP contribution in [0.25, 0.3) is 0 Å². The summed E-state index contributed by atoms with van der Waals surface area (Å²) in [4.78, 5) is 20.5. The third-order valence-corrected chi connectivity index (χ3v) is 2.12. The van der Waals surface area contributed by atoms with Crippen LogP contribution in [0, 0.1) is 0 Å². The van der Waals surface area contributed by atoms with Crippen LogP contribution in [0.5, 0.6) is 0 Å². The Morgan fingerprint density at radius 2 is 2.33 bits per heavy atom. The minimum Gasteiger partial charge on any atom is -0.391 e. The van der Waals surface area contributed by atoms with Crippen LogP contribution < -0.4 is 0 Å². The molecule has 2 rings (SSSR count). The maximum absolute atomic E-state index is 11.2. The van der Waals surface area contributed by atoms with Crippen LogP contribution >= 0.6 is 11.6 Å². The molecule has 0 aliphatic carbocycles. The largest absolute Gasteiger partial charge is 0.417 e. The molecule has 6 heteroatoms. The monoisotopic (exact) mass is 225 g/mol. The standard InChI is InChI=1S/C9H8ClN3O2/c1-13-5-12-8(15-9(13)14)6-2-3-7(10)11-4-6/h2-4H,5H2,1H3. The van der Waals surface area contributed by atoms with Gasteiger partial charge in [0.1, 0.15) is 11.8 Å². The van der Waals surface area contributed by atoms with Crippen LogP contribution in [-0.2, 0) is 4.74 Å². The molecular formula is C9H8ClN3O2. The number of aromatic nitrogens is 1. The van der Waals surface area contributed by atoms with Gasteiger partial charge in [0.25, 0.3) is 0 Å². The van der Waals surface area contributed by atoms with Crippen LogP contribution in [0.1, 0.15) is 5.56 Å². The minimum atomic E-state index is -0.421. The van der Waals surface area contributed by atoms with Crippen LogP contribution in [0.15, 0.2) is 23.3 Å². The van der Waals surface area contributed by atoms with Gasteiger partial charge in [-0.15, -0.1) is 0 Å². The number of cyclic esters (lactones) is 1. The molecule has 1 aromatic heterocycles. The van der Waals surface area contributed by atoms with E-state index in [-0.39, 0.29) is 12.6 Å². The number of pyridine rings is 1. The summed E-state index contributed by atoms with van der Waals surface area (Å²) in [5.41, 5.74) is 0.640. The number of carbonyl (C=O) groups is 1. The highest BCUT2D eigenvalue weighted by molar-refractivity contribution is 6.29. The van der Waals surface area contributed by atoms with Crippen molar-refractivity contribution >= 4 is 23.6 Å². The number of halogens is 1. The molecule has 0 saturated carbocycles. The second-order valence-corrected chi connectivity index (χ2v) is 3.43. The van der Waals surface area contributed by atoms with Gasteiger partial charge in [0.15, 0.2) is 0 Å². The summed E-state index contributed by atoms with van der Waals surface area (Å²) in [6.45, 7) is 0.288. The Hall–Kier alpha value is -1.62. The zero-order valence-corrected chi connectivity index (χ0v) is 8.73. The summed E-state index contributed by atoms with van der Waals surface area (Å²) in [6.07, 6.45) is 1.09. The third kappa shape index (κ3) is 2.07. The summed E-state index contributed by atoms with van der Waals surface area (Å²) in [7, 11) is 1.61. The molecule has 0 unspecified atom stereocenters. The summed E-state index contributed by atoms with van der Waals surface area (Å²) in [5.74, 6) is 0.280. The van der Waals surface area contributed by atoms with E-state index < -0.39 is 6.09 Å². The lowest BCUT2D eigenvalue weighted by molar-refractivity contribution is 0.153. The fourth-order valence-electron chi connectivity index (χ4n) is 1.07. The highest BCUT2D eigenvalue weighted by atomic mass is 35.5. The molecule has 0 fully saturated rings. The molecule has 5 nitrogen and oxygen atoms in total. The van der Waals surface area contributed by atoms with E-state index in [1.54, 1.807) is 19.2 Å². The number of hydrogen-bond donors (Lipinski definition) is 0. The Morgan fingerprint density at radius 3 is 2.93 bits per heavy atom. The highest BCUT2D eigenvalue weighted by Crippen LogP contribution is 2.10. The van der Waals surface area contributed by atoms with Crippen molar-refractivity contribution in [3.63, 3.8) is 0 Å². The topological polar surface area (TPSA) is 54.8 Å². The van der Waals surface area contributed by atoms with E-state index in [4.69, 9.17) is 16.3 Å². The predicted molar refractivity (Wildman–Crippen MR) is 54.9 cm³/mol. The molecular weight excluding hydrogens is 218 g/mol. The fraction of sp³-hybridized carbons (Fsp3) is 0.222. The highest BCUT2D eigenvalue weighted by Gasteiger charge is 2.20. The Balaban J connectivity index is 2.25. The first-order valence-corrected chi connectivity index (χ1v) is 4.64. The van der Waals surface area contributed by atoms with E-state index in [1.807, 2.05) is 0 Å².